The van der Waals surface area contributed by atoms with Crippen LogP contribution in [-0.2, 0) is 7.05 Å². The summed E-state index contributed by atoms with van der Waals surface area (Å²) >= 11 is 0. The summed E-state index contributed by atoms with van der Waals surface area (Å²) in [6.45, 7) is 5.14. The second kappa shape index (κ2) is 4.16. The molecule has 0 bridgehead atoms. The Balaban J connectivity index is 2.06. The summed E-state index contributed by atoms with van der Waals surface area (Å²) in [6.07, 6.45) is 2.15. The minimum atomic E-state index is 0.305. The Morgan fingerprint density at radius 2 is 2.00 bits per heavy atom. The van der Waals surface area contributed by atoms with Gasteiger partial charge in [-0.3, -0.25) is 0 Å². The first-order chi connectivity index (χ1) is 8.68. The van der Waals surface area contributed by atoms with Gasteiger partial charge in [-0.25, -0.2) is 4.57 Å². The lowest BCUT2D eigenvalue weighted by molar-refractivity contribution is -0.695. The lowest BCUT2D eigenvalue weighted by Gasteiger charge is -2.05. The smallest absolute Gasteiger partial charge is 0.329 e. The van der Waals surface area contributed by atoms with Gasteiger partial charge < -0.3 is 4.74 Å². The van der Waals surface area contributed by atoms with E-state index in [-0.39, 0.29) is 0 Å². The summed E-state index contributed by atoms with van der Waals surface area (Å²) in [4.78, 5) is 0. The molecule has 0 aliphatic carbocycles. The van der Waals surface area contributed by atoms with E-state index in [0.29, 0.717) is 12.0 Å². The third kappa shape index (κ3) is 1.62. The normalized spacial score (nSPS) is 17.9. The Morgan fingerprint density at radius 1 is 1.28 bits per heavy atom. The van der Waals surface area contributed by atoms with Crippen LogP contribution in [0.1, 0.15) is 37.1 Å². The highest BCUT2D eigenvalue weighted by Crippen LogP contribution is 2.30. The Labute approximate surface area is 108 Å². The Kier molecular flexibility index (Phi) is 2.62. The minimum absolute atomic E-state index is 0.305. The van der Waals surface area contributed by atoms with Gasteiger partial charge in [-0.15, -0.1) is 0 Å². The maximum Gasteiger partial charge on any atom is 0.329 e. The Morgan fingerprint density at radius 3 is 2.67 bits per heavy atom. The van der Waals surface area contributed by atoms with E-state index in [1.807, 2.05) is 0 Å². The van der Waals surface area contributed by atoms with Gasteiger partial charge in [0.05, 0.1) is 7.05 Å². The van der Waals surface area contributed by atoms with Gasteiger partial charge in [0.1, 0.15) is 6.61 Å². The number of nitrogens with zero attached hydrogens (tertiary/aromatic N) is 2. The molecule has 1 aliphatic rings. The molecule has 94 valence electrons. The van der Waals surface area contributed by atoms with Crippen LogP contribution in [0, 0.1) is 0 Å². The van der Waals surface area contributed by atoms with Gasteiger partial charge in [-0.05, 0) is 0 Å². The van der Waals surface area contributed by atoms with Gasteiger partial charge in [-0.1, -0.05) is 44.2 Å². The van der Waals surface area contributed by atoms with Crippen LogP contribution < -0.4 is 9.30 Å². The fraction of sp³-hybridized carbons (Fsp3) is 0.400. The molecule has 3 nitrogen and oxygen atoms in total. The zero-order valence-corrected chi connectivity index (χ0v) is 11.1. The number of fused-ring (bicyclic) bond motifs is 1. The summed E-state index contributed by atoms with van der Waals surface area (Å²) in [5.74, 6) is 1.50. The highest BCUT2D eigenvalue weighted by Gasteiger charge is 2.37. The molecule has 1 aromatic heterocycles. The highest BCUT2D eigenvalue weighted by molar-refractivity contribution is 5.23. The van der Waals surface area contributed by atoms with E-state index < -0.39 is 0 Å². The molecule has 0 fully saturated rings. The first-order valence-electron chi connectivity index (χ1n) is 6.46. The molecule has 0 amide bonds. The van der Waals surface area contributed by atoms with Crippen LogP contribution >= 0.6 is 0 Å². The number of aromatic nitrogens is 2. The molecule has 18 heavy (non-hydrogen) atoms. The van der Waals surface area contributed by atoms with Crippen LogP contribution in [0.2, 0.25) is 0 Å². The summed E-state index contributed by atoms with van der Waals surface area (Å²) in [5, 5.41) is 0. The molecule has 0 N–H and O–H groups in total. The maximum absolute atomic E-state index is 5.92. The van der Waals surface area contributed by atoms with E-state index in [1.165, 1.54) is 11.3 Å². The van der Waals surface area contributed by atoms with Crippen molar-refractivity contribution in [3.63, 3.8) is 0 Å². The van der Waals surface area contributed by atoms with Gasteiger partial charge in [-0.2, -0.15) is 4.57 Å². The molecule has 1 aliphatic heterocycles. The first-order valence-corrected chi connectivity index (χ1v) is 6.46. The maximum atomic E-state index is 5.92. The molecule has 1 aromatic carbocycles. The molecule has 0 saturated heterocycles. The second-order valence-corrected chi connectivity index (χ2v) is 5.22. The molecule has 3 rings (SSSR count). The fourth-order valence-electron chi connectivity index (χ4n) is 2.78. The number of benzene rings is 1. The van der Waals surface area contributed by atoms with E-state index in [2.05, 4.69) is 66.7 Å². The lowest BCUT2D eigenvalue weighted by Crippen LogP contribution is -2.35. The summed E-state index contributed by atoms with van der Waals surface area (Å²) in [6, 6.07) is 10.9. The van der Waals surface area contributed by atoms with E-state index in [0.717, 1.165) is 12.5 Å². The summed E-state index contributed by atoms with van der Waals surface area (Å²) in [7, 11) is 2.09. The second-order valence-electron chi connectivity index (χ2n) is 5.22. The predicted molar refractivity (Wildman–Crippen MR) is 69.8 cm³/mol. The number of hydrogen-bond donors (Lipinski definition) is 0. The van der Waals surface area contributed by atoms with Crippen molar-refractivity contribution in [2.75, 3.05) is 6.61 Å². The van der Waals surface area contributed by atoms with Crippen LogP contribution in [0.3, 0.4) is 0 Å². The Bertz CT molecular complexity index is 557. The van der Waals surface area contributed by atoms with Crippen molar-refractivity contribution in [2.24, 2.45) is 7.05 Å². The number of imidazole rings is 1. The van der Waals surface area contributed by atoms with E-state index >= 15 is 0 Å². The molecule has 0 spiro atoms. The van der Waals surface area contributed by atoms with E-state index in [1.54, 1.807) is 0 Å². The van der Waals surface area contributed by atoms with Crippen molar-refractivity contribution in [2.45, 2.75) is 25.8 Å². The number of aryl methyl sites for hydroxylation is 1. The van der Waals surface area contributed by atoms with Gasteiger partial charge >= 0.3 is 5.88 Å². The lowest BCUT2D eigenvalue weighted by atomic mass is 10.1. The van der Waals surface area contributed by atoms with Gasteiger partial charge in [0.2, 0.25) is 6.33 Å². The van der Waals surface area contributed by atoms with Crippen molar-refractivity contribution in [3.05, 3.63) is 47.9 Å². The van der Waals surface area contributed by atoms with Crippen LogP contribution in [0.5, 0.6) is 5.88 Å². The Hall–Kier alpha value is -1.77. The molecule has 2 aromatic rings. The predicted octanol–water partition coefficient (Wildman–Crippen LogP) is 2.42. The molecule has 0 unspecified atom stereocenters. The zero-order chi connectivity index (χ0) is 12.7. The van der Waals surface area contributed by atoms with Crippen molar-refractivity contribution in [1.82, 2.24) is 4.57 Å². The molecule has 0 saturated carbocycles. The van der Waals surface area contributed by atoms with Crippen molar-refractivity contribution >= 4 is 0 Å². The number of rotatable bonds is 2. The average molecular weight is 243 g/mol. The van der Waals surface area contributed by atoms with E-state index in [9.17, 15) is 0 Å². The van der Waals surface area contributed by atoms with Crippen LogP contribution in [0.4, 0.5) is 0 Å². The third-order valence-electron chi connectivity index (χ3n) is 3.58. The molecular formula is C15H19N2O+. The minimum Gasteiger partial charge on any atom is -0.454 e. The SMILES string of the molecule is CC(C)c1c2[n+](cn1C)[C@H](c1ccccc1)CO2. The number of hydrogen-bond acceptors (Lipinski definition) is 1. The summed E-state index contributed by atoms with van der Waals surface area (Å²) < 4.78 is 10.4. The molecule has 0 radical (unpaired) electrons. The van der Waals surface area contributed by atoms with Gasteiger partial charge in [0, 0.05) is 11.5 Å². The average Bonchev–Trinajstić information content (AvgIpc) is 2.87. The third-order valence-corrected chi connectivity index (χ3v) is 3.58. The number of ether oxygens (including phenoxy) is 1. The first kappa shape index (κ1) is 11.3. The van der Waals surface area contributed by atoms with Crippen LogP contribution in [0.15, 0.2) is 36.7 Å². The zero-order valence-electron chi connectivity index (χ0n) is 11.1. The quantitative estimate of drug-likeness (QED) is 0.741. The van der Waals surface area contributed by atoms with Crippen LogP contribution in [-0.4, -0.2) is 11.2 Å². The molecule has 2 heterocycles. The van der Waals surface area contributed by atoms with Crippen molar-refractivity contribution < 1.29 is 9.30 Å². The standard InChI is InChI=1S/C15H19N2O/c1-11(2)14-15-17(10-16(14)3)13(9-18-15)12-7-5-4-6-8-12/h4-8,10-11,13H,9H2,1-3H3/q+1/t13-/m0/s1. The van der Waals surface area contributed by atoms with Crippen molar-refractivity contribution in [1.29, 1.82) is 0 Å². The largest absolute Gasteiger partial charge is 0.454 e. The summed E-state index contributed by atoms with van der Waals surface area (Å²) in [5.41, 5.74) is 2.58. The van der Waals surface area contributed by atoms with Gasteiger partial charge in [0.15, 0.2) is 11.7 Å². The topological polar surface area (TPSA) is 18.0 Å². The fourth-order valence-corrected chi connectivity index (χ4v) is 2.78. The van der Waals surface area contributed by atoms with E-state index in [4.69, 9.17) is 4.74 Å². The van der Waals surface area contributed by atoms with Gasteiger partial charge in [0.25, 0.3) is 0 Å². The van der Waals surface area contributed by atoms with Crippen LogP contribution in [0.25, 0.3) is 0 Å². The molecule has 3 heteroatoms. The molecular weight excluding hydrogens is 224 g/mol. The highest BCUT2D eigenvalue weighted by atomic mass is 16.5. The monoisotopic (exact) mass is 243 g/mol. The molecule has 1 atom stereocenters. The van der Waals surface area contributed by atoms with Crippen molar-refractivity contribution in [3.8, 4) is 5.88 Å².